The molecule has 0 aliphatic heterocycles. The van der Waals surface area contributed by atoms with Crippen LogP contribution in [0.5, 0.6) is 5.75 Å². The molecule has 1 N–H and O–H groups in total. The molecule has 0 bridgehead atoms. The number of hydrogen-bond acceptors (Lipinski definition) is 6. The lowest BCUT2D eigenvalue weighted by Gasteiger charge is -2.07. The largest absolute Gasteiger partial charge is 0.497 e. The lowest BCUT2D eigenvalue weighted by atomic mass is 10.1. The van der Waals surface area contributed by atoms with Gasteiger partial charge in [0.05, 0.1) is 17.7 Å². The second-order valence-corrected chi connectivity index (χ2v) is 6.58. The number of hydrogen-bond donors (Lipinski definition) is 1. The zero-order valence-electron chi connectivity index (χ0n) is 16.4. The molecule has 0 aliphatic rings. The van der Waals surface area contributed by atoms with E-state index in [1.54, 1.807) is 55.6 Å². The zero-order chi connectivity index (χ0) is 21.8. The predicted molar refractivity (Wildman–Crippen MR) is 115 cm³/mol. The van der Waals surface area contributed by atoms with Crippen LogP contribution >= 0.6 is 0 Å². The fourth-order valence-corrected chi connectivity index (χ4v) is 2.99. The third kappa shape index (κ3) is 4.43. The number of nitro groups is 1. The van der Waals surface area contributed by atoms with Gasteiger partial charge in [-0.05, 0) is 36.4 Å². The molecule has 0 saturated heterocycles. The van der Waals surface area contributed by atoms with E-state index in [4.69, 9.17) is 9.15 Å². The van der Waals surface area contributed by atoms with E-state index in [9.17, 15) is 14.9 Å². The number of ether oxygens (including phenoxy) is 1. The number of para-hydroxylation sites is 1. The highest BCUT2D eigenvalue weighted by molar-refractivity contribution is 6.05. The van der Waals surface area contributed by atoms with E-state index < -0.39 is 10.8 Å². The summed E-state index contributed by atoms with van der Waals surface area (Å²) in [4.78, 5) is 28.1. The van der Waals surface area contributed by atoms with Gasteiger partial charge in [0.25, 0.3) is 11.6 Å². The van der Waals surface area contributed by atoms with Crippen molar-refractivity contribution in [1.82, 2.24) is 0 Å². The number of fused-ring (bicyclic) bond motifs is 1. The molecule has 4 aromatic rings. The number of benzene rings is 3. The van der Waals surface area contributed by atoms with Gasteiger partial charge in [-0.25, -0.2) is 4.99 Å². The van der Waals surface area contributed by atoms with Gasteiger partial charge in [-0.1, -0.05) is 24.3 Å². The van der Waals surface area contributed by atoms with Crippen molar-refractivity contribution in [3.63, 3.8) is 0 Å². The molecule has 4 rings (SSSR count). The maximum absolute atomic E-state index is 13.0. The SMILES string of the molecule is COc1cccc(N=c2oc3ccc([N+](=O)[O-])cc3cc2C(=O)Nc2ccccc2)c1. The van der Waals surface area contributed by atoms with E-state index in [2.05, 4.69) is 10.3 Å². The fraction of sp³-hybridized carbons (Fsp3) is 0.0435. The Kier molecular flexibility index (Phi) is 5.44. The highest BCUT2D eigenvalue weighted by Gasteiger charge is 2.15. The normalized spacial score (nSPS) is 11.3. The van der Waals surface area contributed by atoms with Crippen LogP contribution in [-0.2, 0) is 0 Å². The summed E-state index contributed by atoms with van der Waals surface area (Å²) >= 11 is 0. The number of carbonyl (C=O) groups excluding carboxylic acids is 1. The minimum absolute atomic E-state index is 0.0723. The van der Waals surface area contributed by atoms with Crippen LogP contribution in [0.2, 0.25) is 0 Å². The first-order valence-corrected chi connectivity index (χ1v) is 9.31. The number of nitrogens with one attached hydrogen (secondary N) is 1. The van der Waals surface area contributed by atoms with E-state index in [0.717, 1.165) is 0 Å². The number of methoxy groups -OCH3 is 1. The number of nitro benzene ring substituents is 1. The van der Waals surface area contributed by atoms with Gasteiger partial charge >= 0.3 is 0 Å². The monoisotopic (exact) mass is 415 g/mol. The molecule has 1 amide bonds. The Labute approximate surface area is 176 Å². The maximum Gasteiger partial charge on any atom is 0.270 e. The molecule has 0 unspecified atom stereocenters. The van der Waals surface area contributed by atoms with Gasteiger partial charge in [-0.2, -0.15) is 0 Å². The van der Waals surface area contributed by atoms with E-state index in [1.165, 1.54) is 24.3 Å². The average Bonchev–Trinajstić information content (AvgIpc) is 2.79. The minimum Gasteiger partial charge on any atom is -0.497 e. The number of carbonyl (C=O) groups is 1. The number of anilines is 1. The molecule has 1 heterocycles. The predicted octanol–water partition coefficient (Wildman–Crippen LogP) is 4.83. The molecule has 0 fully saturated rings. The van der Waals surface area contributed by atoms with Crippen molar-refractivity contribution in [2.24, 2.45) is 4.99 Å². The van der Waals surface area contributed by atoms with Gasteiger partial charge in [0.1, 0.15) is 16.9 Å². The Balaban J connectivity index is 1.88. The van der Waals surface area contributed by atoms with Crippen molar-refractivity contribution in [3.8, 4) is 5.75 Å². The third-order valence-corrected chi connectivity index (χ3v) is 4.50. The van der Waals surface area contributed by atoms with Gasteiger partial charge in [-0.3, -0.25) is 14.9 Å². The van der Waals surface area contributed by atoms with Gasteiger partial charge < -0.3 is 14.5 Å². The number of nitrogens with zero attached hydrogens (tertiary/aromatic N) is 2. The van der Waals surface area contributed by atoms with E-state index in [-0.39, 0.29) is 16.8 Å². The van der Waals surface area contributed by atoms with Crippen LogP contribution in [0.1, 0.15) is 10.4 Å². The van der Waals surface area contributed by atoms with Crippen molar-refractivity contribution < 1.29 is 18.9 Å². The lowest BCUT2D eigenvalue weighted by molar-refractivity contribution is -0.384. The molecule has 0 aliphatic carbocycles. The summed E-state index contributed by atoms with van der Waals surface area (Å²) < 4.78 is 11.1. The van der Waals surface area contributed by atoms with Crippen molar-refractivity contribution in [2.45, 2.75) is 0 Å². The van der Waals surface area contributed by atoms with Crippen LogP contribution in [0, 0.1) is 10.1 Å². The number of rotatable bonds is 5. The van der Waals surface area contributed by atoms with Gasteiger partial charge in [0.15, 0.2) is 0 Å². The summed E-state index contributed by atoms with van der Waals surface area (Å²) in [5.74, 6) is 0.151. The molecule has 3 aromatic carbocycles. The highest BCUT2D eigenvalue weighted by atomic mass is 16.6. The summed E-state index contributed by atoms with van der Waals surface area (Å²) in [6, 6.07) is 21.6. The summed E-state index contributed by atoms with van der Waals surface area (Å²) in [5, 5.41) is 14.3. The van der Waals surface area contributed by atoms with Gasteiger partial charge in [-0.15, -0.1) is 0 Å². The molecule has 154 valence electrons. The topological polar surface area (TPSA) is 107 Å². The first kappa shape index (κ1) is 19.8. The van der Waals surface area contributed by atoms with Crippen LogP contribution in [0.15, 0.2) is 88.3 Å². The van der Waals surface area contributed by atoms with Gasteiger partial charge in [0, 0.05) is 29.3 Å². The molecule has 8 heteroatoms. The number of non-ortho nitro benzene ring substituents is 1. The molecule has 0 radical (unpaired) electrons. The van der Waals surface area contributed by atoms with Crippen LogP contribution < -0.4 is 15.6 Å². The first-order valence-electron chi connectivity index (χ1n) is 9.31. The van der Waals surface area contributed by atoms with Crippen LogP contribution in [-0.4, -0.2) is 17.9 Å². The summed E-state index contributed by atoms with van der Waals surface area (Å²) in [7, 11) is 1.55. The van der Waals surface area contributed by atoms with Crippen molar-refractivity contribution in [1.29, 1.82) is 0 Å². The third-order valence-electron chi connectivity index (χ3n) is 4.50. The zero-order valence-corrected chi connectivity index (χ0v) is 16.4. The summed E-state index contributed by atoms with van der Waals surface area (Å²) in [6.45, 7) is 0. The first-order chi connectivity index (χ1) is 15.0. The van der Waals surface area contributed by atoms with Crippen molar-refractivity contribution in [2.75, 3.05) is 12.4 Å². The van der Waals surface area contributed by atoms with E-state index in [1.807, 2.05) is 6.07 Å². The van der Waals surface area contributed by atoms with E-state index >= 15 is 0 Å². The molecular weight excluding hydrogens is 398 g/mol. The molecule has 8 nitrogen and oxygen atoms in total. The summed E-state index contributed by atoms with van der Waals surface area (Å²) in [5.41, 5.74) is 1.60. The van der Waals surface area contributed by atoms with Crippen LogP contribution in [0.4, 0.5) is 17.1 Å². The standard InChI is InChI=1S/C23H17N3O5/c1-30-19-9-5-8-17(14-19)25-23-20(22(27)24-16-6-3-2-4-7-16)13-15-12-18(26(28)29)10-11-21(15)31-23/h2-14H,1H3,(H,24,27). The Morgan fingerprint density at radius 1 is 1.03 bits per heavy atom. The molecular formula is C23H17N3O5. The number of amides is 1. The Bertz CT molecular complexity index is 1350. The smallest absolute Gasteiger partial charge is 0.270 e. The fourth-order valence-electron chi connectivity index (χ4n) is 2.99. The minimum atomic E-state index is -0.502. The van der Waals surface area contributed by atoms with Crippen molar-refractivity contribution >= 4 is 33.9 Å². The van der Waals surface area contributed by atoms with Gasteiger partial charge in [0.2, 0.25) is 5.55 Å². The second kappa shape index (κ2) is 8.50. The quantitative estimate of drug-likeness (QED) is 0.371. The van der Waals surface area contributed by atoms with Crippen LogP contribution in [0.25, 0.3) is 11.0 Å². The Hall–Kier alpha value is -4.46. The lowest BCUT2D eigenvalue weighted by Crippen LogP contribution is -2.21. The molecule has 0 saturated carbocycles. The van der Waals surface area contributed by atoms with Crippen molar-refractivity contribution in [3.05, 3.63) is 100 Å². The van der Waals surface area contributed by atoms with Crippen LogP contribution in [0.3, 0.4) is 0 Å². The molecule has 0 atom stereocenters. The van der Waals surface area contributed by atoms with E-state index in [0.29, 0.717) is 28.1 Å². The highest BCUT2D eigenvalue weighted by Crippen LogP contribution is 2.23. The average molecular weight is 415 g/mol. The molecule has 1 aromatic heterocycles. The Morgan fingerprint density at radius 2 is 1.84 bits per heavy atom. The second-order valence-electron chi connectivity index (χ2n) is 6.58. The molecule has 31 heavy (non-hydrogen) atoms. The molecule has 0 spiro atoms. The Morgan fingerprint density at radius 3 is 2.58 bits per heavy atom. The summed E-state index contributed by atoms with van der Waals surface area (Å²) in [6.07, 6.45) is 0. The maximum atomic E-state index is 13.0.